The van der Waals surface area contributed by atoms with E-state index in [0.29, 0.717) is 11.0 Å². The zero-order valence-corrected chi connectivity index (χ0v) is 7.57. The Hall–Kier alpha value is -0.0800. The first-order valence-corrected chi connectivity index (χ1v) is 5.20. The molecular formula is C10H17NO. The van der Waals surface area contributed by atoms with Crippen molar-refractivity contribution in [2.24, 2.45) is 5.41 Å². The van der Waals surface area contributed by atoms with Gasteiger partial charge in [-0.05, 0) is 37.6 Å². The molecule has 3 fully saturated rings. The predicted octanol–water partition coefficient (Wildman–Crippen LogP) is 1.31. The Bertz CT molecular complexity index is 187. The zero-order valence-electron chi connectivity index (χ0n) is 7.57. The van der Waals surface area contributed by atoms with Gasteiger partial charge in [-0.2, -0.15) is 0 Å². The number of hydrogen-bond acceptors (Lipinski definition) is 2. The molecule has 0 unspecified atom stereocenters. The van der Waals surface area contributed by atoms with Crippen LogP contribution in [0.15, 0.2) is 0 Å². The molecule has 12 heavy (non-hydrogen) atoms. The summed E-state index contributed by atoms with van der Waals surface area (Å²) in [7, 11) is 0. The molecule has 0 amide bonds. The molecule has 2 heteroatoms. The molecule has 1 saturated carbocycles. The van der Waals surface area contributed by atoms with Crippen molar-refractivity contribution < 1.29 is 4.74 Å². The van der Waals surface area contributed by atoms with E-state index in [2.05, 4.69) is 5.32 Å². The van der Waals surface area contributed by atoms with Crippen molar-refractivity contribution in [1.82, 2.24) is 5.32 Å². The van der Waals surface area contributed by atoms with Crippen molar-refractivity contribution in [2.75, 3.05) is 19.8 Å². The molecule has 68 valence electrons. The molecule has 3 aliphatic rings. The van der Waals surface area contributed by atoms with Crippen LogP contribution in [0.25, 0.3) is 0 Å². The molecule has 0 radical (unpaired) electrons. The molecule has 2 spiro atoms. The fraction of sp³-hybridized carbons (Fsp3) is 1.00. The normalized spacial score (nSPS) is 44.0. The van der Waals surface area contributed by atoms with Crippen molar-refractivity contribution in [3.63, 3.8) is 0 Å². The molecule has 1 atom stereocenters. The average Bonchev–Trinajstić information content (AvgIpc) is 2.57. The van der Waals surface area contributed by atoms with Crippen LogP contribution in [-0.4, -0.2) is 25.3 Å². The first-order valence-electron chi connectivity index (χ1n) is 5.20. The summed E-state index contributed by atoms with van der Waals surface area (Å²) < 4.78 is 5.55. The fourth-order valence-electron chi connectivity index (χ4n) is 3.42. The highest BCUT2D eigenvalue weighted by molar-refractivity contribution is 5.14. The minimum Gasteiger partial charge on any atom is -0.379 e. The molecule has 1 aliphatic carbocycles. The zero-order chi connectivity index (χ0) is 8.07. The monoisotopic (exact) mass is 167 g/mol. The third-order valence-corrected chi connectivity index (χ3v) is 4.41. The number of ether oxygens (including phenoxy) is 1. The maximum Gasteiger partial charge on any atom is 0.0654 e. The Morgan fingerprint density at radius 1 is 1.08 bits per heavy atom. The Morgan fingerprint density at radius 3 is 2.58 bits per heavy atom. The standard InChI is InChI=1S/C10H17NO/c1-2-9(3-1)4-6-11-10(9)5-7-12-8-10/h11H,1-8H2/t10-/m1/s1. The van der Waals surface area contributed by atoms with Gasteiger partial charge in [0.25, 0.3) is 0 Å². The first kappa shape index (κ1) is 7.34. The Morgan fingerprint density at radius 2 is 2.00 bits per heavy atom. The van der Waals surface area contributed by atoms with Crippen molar-refractivity contribution in [1.29, 1.82) is 0 Å². The van der Waals surface area contributed by atoms with E-state index in [1.807, 2.05) is 0 Å². The maximum atomic E-state index is 5.55. The molecular weight excluding hydrogens is 150 g/mol. The van der Waals surface area contributed by atoms with Crippen LogP contribution in [0.3, 0.4) is 0 Å². The van der Waals surface area contributed by atoms with Gasteiger partial charge in [0, 0.05) is 12.1 Å². The minimum atomic E-state index is 0.408. The summed E-state index contributed by atoms with van der Waals surface area (Å²) in [6.07, 6.45) is 7.00. The van der Waals surface area contributed by atoms with E-state index in [1.165, 1.54) is 38.6 Å². The lowest BCUT2D eigenvalue weighted by molar-refractivity contribution is 0.0299. The Labute approximate surface area is 73.7 Å². The van der Waals surface area contributed by atoms with Crippen LogP contribution in [0, 0.1) is 5.41 Å². The summed E-state index contributed by atoms with van der Waals surface area (Å²) in [5, 5.41) is 3.70. The highest BCUT2D eigenvalue weighted by atomic mass is 16.5. The second-order valence-electron chi connectivity index (χ2n) is 4.70. The van der Waals surface area contributed by atoms with E-state index < -0.39 is 0 Å². The maximum absolute atomic E-state index is 5.55. The van der Waals surface area contributed by atoms with Gasteiger partial charge in [0.15, 0.2) is 0 Å². The van der Waals surface area contributed by atoms with Crippen LogP contribution in [0.4, 0.5) is 0 Å². The summed E-state index contributed by atoms with van der Waals surface area (Å²) >= 11 is 0. The quantitative estimate of drug-likeness (QED) is 0.587. The van der Waals surface area contributed by atoms with E-state index in [0.717, 1.165) is 13.2 Å². The second-order valence-corrected chi connectivity index (χ2v) is 4.70. The lowest BCUT2D eigenvalue weighted by Gasteiger charge is -2.49. The van der Waals surface area contributed by atoms with Gasteiger partial charge in [0.1, 0.15) is 0 Å². The van der Waals surface area contributed by atoms with E-state index in [4.69, 9.17) is 4.74 Å². The van der Waals surface area contributed by atoms with E-state index in [9.17, 15) is 0 Å². The van der Waals surface area contributed by atoms with Gasteiger partial charge < -0.3 is 10.1 Å². The summed E-state index contributed by atoms with van der Waals surface area (Å²) in [6.45, 7) is 3.19. The number of hydrogen-bond donors (Lipinski definition) is 1. The first-order chi connectivity index (χ1) is 5.87. The molecule has 2 nitrogen and oxygen atoms in total. The predicted molar refractivity (Wildman–Crippen MR) is 47.1 cm³/mol. The lowest BCUT2D eigenvalue weighted by atomic mass is 9.57. The van der Waals surface area contributed by atoms with Crippen molar-refractivity contribution in [2.45, 2.75) is 37.6 Å². The largest absolute Gasteiger partial charge is 0.379 e. The fourth-order valence-corrected chi connectivity index (χ4v) is 3.42. The SMILES string of the molecule is C1CC2(C1)CCN[C@@]21CCOC1. The van der Waals surface area contributed by atoms with Crippen molar-refractivity contribution >= 4 is 0 Å². The third kappa shape index (κ3) is 0.686. The highest BCUT2D eigenvalue weighted by Gasteiger charge is 2.58. The van der Waals surface area contributed by atoms with E-state index >= 15 is 0 Å². The molecule has 3 rings (SSSR count). The van der Waals surface area contributed by atoms with Gasteiger partial charge in [0.05, 0.1) is 6.61 Å². The van der Waals surface area contributed by atoms with Gasteiger partial charge in [-0.3, -0.25) is 0 Å². The lowest BCUT2D eigenvalue weighted by Crippen LogP contribution is -2.55. The third-order valence-electron chi connectivity index (χ3n) is 4.41. The van der Waals surface area contributed by atoms with Gasteiger partial charge in [-0.25, -0.2) is 0 Å². The molecule has 2 aliphatic heterocycles. The van der Waals surface area contributed by atoms with Gasteiger partial charge >= 0.3 is 0 Å². The van der Waals surface area contributed by atoms with Crippen LogP contribution in [0.1, 0.15) is 32.1 Å². The van der Waals surface area contributed by atoms with E-state index in [1.54, 1.807) is 0 Å². The minimum absolute atomic E-state index is 0.408. The van der Waals surface area contributed by atoms with Gasteiger partial charge in [-0.1, -0.05) is 6.42 Å². The Balaban J connectivity index is 1.91. The van der Waals surface area contributed by atoms with Crippen LogP contribution >= 0.6 is 0 Å². The molecule has 0 aromatic heterocycles. The summed E-state index contributed by atoms with van der Waals surface area (Å²) in [6, 6.07) is 0. The van der Waals surface area contributed by atoms with Crippen LogP contribution in [-0.2, 0) is 4.74 Å². The van der Waals surface area contributed by atoms with E-state index in [-0.39, 0.29) is 0 Å². The molecule has 2 heterocycles. The van der Waals surface area contributed by atoms with Gasteiger partial charge in [-0.15, -0.1) is 0 Å². The molecule has 1 N–H and O–H groups in total. The smallest absolute Gasteiger partial charge is 0.0654 e. The molecule has 0 aromatic rings. The Kier molecular flexibility index (Phi) is 1.37. The topological polar surface area (TPSA) is 21.3 Å². The van der Waals surface area contributed by atoms with Crippen molar-refractivity contribution in [3.05, 3.63) is 0 Å². The van der Waals surface area contributed by atoms with Crippen LogP contribution in [0.5, 0.6) is 0 Å². The number of fused-ring (bicyclic) bond motifs is 1. The number of nitrogens with one attached hydrogen (secondary N) is 1. The van der Waals surface area contributed by atoms with Crippen molar-refractivity contribution in [3.8, 4) is 0 Å². The second kappa shape index (κ2) is 2.24. The molecule has 0 bridgehead atoms. The van der Waals surface area contributed by atoms with Crippen LogP contribution < -0.4 is 5.32 Å². The summed E-state index contributed by atoms with van der Waals surface area (Å²) in [5.74, 6) is 0. The summed E-state index contributed by atoms with van der Waals surface area (Å²) in [4.78, 5) is 0. The molecule has 0 aromatic carbocycles. The van der Waals surface area contributed by atoms with Gasteiger partial charge in [0.2, 0.25) is 0 Å². The molecule has 2 saturated heterocycles. The number of rotatable bonds is 0. The summed E-state index contributed by atoms with van der Waals surface area (Å²) in [5.41, 5.74) is 1.06. The average molecular weight is 167 g/mol. The van der Waals surface area contributed by atoms with Crippen LogP contribution in [0.2, 0.25) is 0 Å². The highest BCUT2D eigenvalue weighted by Crippen LogP contribution is 2.57.